The smallest absolute Gasteiger partial charge is 0.373 e. The van der Waals surface area contributed by atoms with Crippen molar-refractivity contribution < 1.29 is 23.5 Å². The largest absolute Gasteiger partial charge is 0.496 e. The van der Waals surface area contributed by atoms with E-state index in [-0.39, 0.29) is 11.5 Å². The standard InChI is InChI=1S/C19H22O5/c1-19(2,3)17(20)12-6-8-15(22-4)13(10-12)11-14-7-9-16(24-14)18(21)23-5/h6-10H,11H2,1-5H3. The van der Waals surface area contributed by atoms with Crippen molar-refractivity contribution in [2.45, 2.75) is 27.2 Å². The van der Waals surface area contributed by atoms with Crippen molar-refractivity contribution >= 4 is 11.8 Å². The van der Waals surface area contributed by atoms with E-state index >= 15 is 0 Å². The van der Waals surface area contributed by atoms with Gasteiger partial charge in [0.05, 0.1) is 14.2 Å². The molecule has 5 nitrogen and oxygen atoms in total. The molecule has 0 N–H and O–H groups in total. The molecule has 0 aliphatic carbocycles. The maximum Gasteiger partial charge on any atom is 0.373 e. The van der Waals surface area contributed by atoms with Crippen molar-refractivity contribution in [1.29, 1.82) is 0 Å². The van der Waals surface area contributed by atoms with E-state index in [1.165, 1.54) is 7.11 Å². The summed E-state index contributed by atoms with van der Waals surface area (Å²) in [5.41, 5.74) is 0.977. The van der Waals surface area contributed by atoms with Crippen LogP contribution in [0.25, 0.3) is 0 Å². The Balaban J connectivity index is 2.33. The highest BCUT2D eigenvalue weighted by Crippen LogP contribution is 2.27. The number of benzene rings is 1. The van der Waals surface area contributed by atoms with Gasteiger partial charge < -0.3 is 13.9 Å². The molecule has 1 aromatic carbocycles. The van der Waals surface area contributed by atoms with E-state index < -0.39 is 11.4 Å². The highest BCUT2D eigenvalue weighted by atomic mass is 16.5. The molecule has 0 fully saturated rings. The molecule has 0 saturated heterocycles. The fraction of sp³-hybridized carbons (Fsp3) is 0.368. The van der Waals surface area contributed by atoms with E-state index in [0.29, 0.717) is 23.5 Å². The number of carbonyl (C=O) groups excluding carboxylic acids is 2. The lowest BCUT2D eigenvalue weighted by atomic mass is 9.86. The molecule has 1 heterocycles. The summed E-state index contributed by atoms with van der Waals surface area (Å²) < 4.78 is 15.5. The van der Waals surface area contributed by atoms with Gasteiger partial charge in [-0.3, -0.25) is 4.79 Å². The van der Waals surface area contributed by atoms with Gasteiger partial charge in [0.1, 0.15) is 11.5 Å². The first-order valence-electron chi connectivity index (χ1n) is 7.65. The van der Waals surface area contributed by atoms with Gasteiger partial charge in [-0.25, -0.2) is 4.79 Å². The Morgan fingerprint density at radius 2 is 1.79 bits per heavy atom. The van der Waals surface area contributed by atoms with Crippen LogP contribution in [0.4, 0.5) is 0 Å². The van der Waals surface area contributed by atoms with Gasteiger partial charge in [-0.1, -0.05) is 20.8 Å². The van der Waals surface area contributed by atoms with E-state index in [1.54, 1.807) is 31.4 Å². The van der Waals surface area contributed by atoms with Crippen LogP contribution in [0.5, 0.6) is 5.75 Å². The average molecular weight is 330 g/mol. The van der Waals surface area contributed by atoms with E-state index in [4.69, 9.17) is 9.15 Å². The predicted octanol–water partition coefficient (Wildman–Crippen LogP) is 3.89. The van der Waals surface area contributed by atoms with Crippen LogP contribution in [0.15, 0.2) is 34.7 Å². The molecule has 0 aliphatic rings. The molecule has 2 aromatic rings. The second-order valence-corrected chi connectivity index (χ2v) is 6.54. The van der Waals surface area contributed by atoms with Crippen LogP contribution in [-0.4, -0.2) is 26.0 Å². The summed E-state index contributed by atoms with van der Waals surface area (Å²) in [6.45, 7) is 5.65. The molecule has 2 rings (SSSR count). The zero-order chi connectivity index (χ0) is 17.9. The van der Waals surface area contributed by atoms with Crippen molar-refractivity contribution in [2.24, 2.45) is 5.41 Å². The number of ether oxygens (including phenoxy) is 2. The second-order valence-electron chi connectivity index (χ2n) is 6.54. The Bertz CT molecular complexity index is 749. The number of esters is 1. The fourth-order valence-corrected chi connectivity index (χ4v) is 2.36. The van der Waals surface area contributed by atoms with Gasteiger partial charge in [-0.2, -0.15) is 0 Å². The summed E-state index contributed by atoms with van der Waals surface area (Å²) in [6, 6.07) is 8.63. The minimum absolute atomic E-state index is 0.0566. The van der Waals surface area contributed by atoms with Gasteiger partial charge in [-0.05, 0) is 30.3 Å². The number of Topliss-reactive ketones (excluding diaryl/α,β-unsaturated/α-hetero) is 1. The summed E-state index contributed by atoms with van der Waals surface area (Å²) in [5, 5.41) is 0. The molecule has 0 spiro atoms. The monoisotopic (exact) mass is 330 g/mol. The first-order valence-corrected chi connectivity index (χ1v) is 7.65. The molecular formula is C19H22O5. The quantitative estimate of drug-likeness (QED) is 0.614. The Morgan fingerprint density at radius 3 is 2.38 bits per heavy atom. The lowest BCUT2D eigenvalue weighted by Crippen LogP contribution is -2.20. The summed E-state index contributed by atoms with van der Waals surface area (Å²) in [4.78, 5) is 23.9. The van der Waals surface area contributed by atoms with E-state index in [2.05, 4.69) is 4.74 Å². The lowest BCUT2D eigenvalue weighted by Gasteiger charge is -2.18. The Kier molecular flexibility index (Phi) is 5.12. The predicted molar refractivity (Wildman–Crippen MR) is 89.6 cm³/mol. The van der Waals surface area contributed by atoms with E-state index in [0.717, 1.165) is 5.56 Å². The highest BCUT2D eigenvalue weighted by molar-refractivity contribution is 6.00. The van der Waals surface area contributed by atoms with Crippen molar-refractivity contribution in [3.8, 4) is 5.75 Å². The number of furan rings is 1. The lowest BCUT2D eigenvalue weighted by molar-refractivity contribution is 0.0563. The van der Waals surface area contributed by atoms with Crippen LogP contribution in [0, 0.1) is 5.41 Å². The minimum atomic E-state index is -0.523. The number of hydrogen-bond donors (Lipinski definition) is 0. The number of hydrogen-bond acceptors (Lipinski definition) is 5. The van der Waals surface area contributed by atoms with Crippen LogP contribution in [-0.2, 0) is 11.2 Å². The maximum absolute atomic E-state index is 12.5. The number of methoxy groups -OCH3 is 2. The molecule has 0 bridgehead atoms. The van der Waals surface area contributed by atoms with Crippen LogP contribution in [0.2, 0.25) is 0 Å². The summed E-state index contributed by atoms with van der Waals surface area (Å²) in [6.07, 6.45) is 0.408. The third-order valence-corrected chi connectivity index (χ3v) is 3.64. The molecule has 128 valence electrons. The summed E-state index contributed by atoms with van der Waals surface area (Å²) >= 11 is 0. The normalized spacial score (nSPS) is 11.2. The number of ketones is 1. The fourth-order valence-electron chi connectivity index (χ4n) is 2.36. The van der Waals surface area contributed by atoms with Gasteiger partial charge in [-0.15, -0.1) is 0 Å². The zero-order valence-electron chi connectivity index (χ0n) is 14.6. The molecule has 0 radical (unpaired) electrons. The van der Waals surface area contributed by atoms with Crippen molar-refractivity contribution in [3.05, 3.63) is 53.0 Å². The van der Waals surface area contributed by atoms with Gasteiger partial charge >= 0.3 is 5.97 Å². The van der Waals surface area contributed by atoms with E-state index in [1.807, 2.05) is 26.8 Å². The molecular weight excluding hydrogens is 308 g/mol. The van der Waals surface area contributed by atoms with Gasteiger partial charge in [0.15, 0.2) is 5.78 Å². The third kappa shape index (κ3) is 3.85. The van der Waals surface area contributed by atoms with Crippen LogP contribution >= 0.6 is 0 Å². The Morgan fingerprint density at radius 1 is 1.08 bits per heavy atom. The van der Waals surface area contributed by atoms with E-state index in [9.17, 15) is 9.59 Å². The zero-order valence-corrected chi connectivity index (χ0v) is 14.6. The SMILES string of the molecule is COC(=O)c1ccc(Cc2cc(C(=O)C(C)(C)C)ccc2OC)o1. The van der Waals surface area contributed by atoms with Crippen LogP contribution < -0.4 is 4.74 Å². The van der Waals surface area contributed by atoms with Crippen LogP contribution in [0.1, 0.15) is 53.0 Å². The Hall–Kier alpha value is -2.56. The molecule has 5 heteroatoms. The molecule has 1 aromatic heterocycles. The highest BCUT2D eigenvalue weighted by Gasteiger charge is 2.24. The topological polar surface area (TPSA) is 65.7 Å². The molecule has 24 heavy (non-hydrogen) atoms. The molecule has 0 aliphatic heterocycles. The number of rotatable bonds is 5. The molecule has 0 atom stereocenters. The first-order chi connectivity index (χ1) is 11.3. The molecule has 0 unspecified atom stereocenters. The number of carbonyl (C=O) groups is 2. The second kappa shape index (κ2) is 6.91. The minimum Gasteiger partial charge on any atom is -0.496 e. The molecule has 0 saturated carbocycles. The summed E-state index contributed by atoms with van der Waals surface area (Å²) in [7, 11) is 2.88. The average Bonchev–Trinajstić information content (AvgIpc) is 3.01. The van der Waals surface area contributed by atoms with Crippen molar-refractivity contribution in [3.63, 3.8) is 0 Å². The van der Waals surface area contributed by atoms with Gasteiger partial charge in [0.25, 0.3) is 0 Å². The van der Waals surface area contributed by atoms with Crippen LogP contribution in [0.3, 0.4) is 0 Å². The molecule has 0 amide bonds. The van der Waals surface area contributed by atoms with Crippen molar-refractivity contribution in [2.75, 3.05) is 14.2 Å². The maximum atomic E-state index is 12.5. The van der Waals surface area contributed by atoms with Crippen molar-refractivity contribution in [1.82, 2.24) is 0 Å². The van der Waals surface area contributed by atoms with Gasteiger partial charge in [0, 0.05) is 23.0 Å². The van der Waals surface area contributed by atoms with Gasteiger partial charge in [0.2, 0.25) is 5.76 Å². The summed E-state index contributed by atoms with van der Waals surface area (Å²) in [5.74, 6) is 0.935. The third-order valence-electron chi connectivity index (χ3n) is 3.64. The first kappa shape index (κ1) is 17.8. The Labute approximate surface area is 141 Å².